The highest BCUT2D eigenvalue weighted by Gasteiger charge is 2.40. The maximum absolute atomic E-state index is 12.8. The molecule has 0 radical (unpaired) electrons. The molecule has 0 bridgehead atoms. The molecule has 2 aliphatic rings. The van der Waals surface area contributed by atoms with E-state index in [0.717, 1.165) is 45.4 Å². The van der Waals surface area contributed by atoms with E-state index in [1.807, 2.05) is 11.8 Å². The molecule has 1 atom stereocenters. The Balaban J connectivity index is 0.00000288. The molecule has 2 aliphatic heterocycles. The van der Waals surface area contributed by atoms with E-state index in [9.17, 15) is 13.2 Å². The Morgan fingerprint density at radius 3 is 2.38 bits per heavy atom. The van der Waals surface area contributed by atoms with Gasteiger partial charge in [0.25, 0.3) is 0 Å². The van der Waals surface area contributed by atoms with Crippen LogP contribution in [0.3, 0.4) is 0 Å². The zero-order chi connectivity index (χ0) is 16.9. The Bertz CT molecular complexity index is 493. The molecule has 1 amide bonds. The quantitative estimate of drug-likeness (QED) is 0.724. The average Bonchev–Trinajstić information content (AvgIpc) is 3.03. The zero-order valence-corrected chi connectivity index (χ0v) is 16.5. The zero-order valence-electron chi connectivity index (χ0n) is 14.9. The molecule has 2 saturated heterocycles. The van der Waals surface area contributed by atoms with Gasteiger partial charge < -0.3 is 10.2 Å². The average molecular weight is 382 g/mol. The fraction of sp³-hybridized carbons (Fsp3) is 0.938. The van der Waals surface area contributed by atoms with Crippen molar-refractivity contribution in [3.63, 3.8) is 0 Å². The lowest BCUT2D eigenvalue weighted by Gasteiger charge is -2.35. The van der Waals surface area contributed by atoms with Crippen LogP contribution in [0.25, 0.3) is 0 Å². The maximum Gasteiger partial charge on any atom is 0.241 e. The molecule has 2 heterocycles. The molecule has 0 aromatic rings. The normalized spacial score (nSPS) is 23.2. The summed E-state index contributed by atoms with van der Waals surface area (Å²) in [5.41, 5.74) is 0. The highest BCUT2D eigenvalue weighted by Crippen LogP contribution is 2.25. The van der Waals surface area contributed by atoms with Crippen molar-refractivity contribution in [3.05, 3.63) is 0 Å². The second kappa shape index (κ2) is 9.94. The second-order valence-electron chi connectivity index (χ2n) is 6.66. The van der Waals surface area contributed by atoms with Crippen LogP contribution in [0.2, 0.25) is 0 Å². The Hall–Kier alpha value is -0.370. The van der Waals surface area contributed by atoms with E-state index in [2.05, 4.69) is 12.2 Å². The molecule has 1 N–H and O–H groups in total. The van der Waals surface area contributed by atoms with Crippen LogP contribution in [0.1, 0.15) is 46.0 Å². The predicted molar refractivity (Wildman–Crippen MR) is 98.9 cm³/mol. The first kappa shape index (κ1) is 21.7. The first-order chi connectivity index (χ1) is 11.0. The third kappa shape index (κ3) is 5.31. The Kier molecular flexibility index (Phi) is 8.98. The van der Waals surface area contributed by atoms with E-state index in [1.54, 1.807) is 0 Å². The van der Waals surface area contributed by atoms with Gasteiger partial charge in [0.05, 0.1) is 5.75 Å². The highest BCUT2D eigenvalue weighted by molar-refractivity contribution is 7.89. The molecule has 0 aliphatic carbocycles. The number of rotatable bonds is 7. The van der Waals surface area contributed by atoms with Crippen molar-refractivity contribution in [2.24, 2.45) is 5.92 Å². The van der Waals surface area contributed by atoms with E-state index in [4.69, 9.17) is 0 Å². The standard InChI is InChI=1S/C16H31N3O3S.ClH/c1-3-12-23(21,22)19-9-5-6-15(19)16(20)18-10-7-14(8-11-18)13-17-4-2;/h14-15,17H,3-13H2,1-2H3;1H. The van der Waals surface area contributed by atoms with Crippen LogP contribution in [0, 0.1) is 5.92 Å². The van der Waals surface area contributed by atoms with E-state index >= 15 is 0 Å². The molecule has 0 aromatic heterocycles. The van der Waals surface area contributed by atoms with Crippen LogP contribution < -0.4 is 5.32 Å². The van der Waals surface area contributed by atoms with Gasteiger partial charge in [-0.3, -0.25) is 4.79 Å². The molecule has 2 rings (SSSR count). The van der Waals surface area contributed by atoms with Gasteiger partial charge in [-0.2, -0.15) is 4.31 Å². The highest BCUT2D eigenvalue weighted by atomic mass is 35.5. The van der Waals surface area contributed by atoms with Crippen molar-refractivity contribution in [1.82, 2.24) is 14.5 Å². The molecule has 6 nitrogen and oxygen atoms in total. The number of piperidine rings is 1. The first-order valence-electron chi connectivity index (χ1n) is 8.98. The van der Waals surface area contributed by atoms with Gasteiger partial charge in [-0.1, -0.05) is 13.8 Å². The minimum absolute atomic E-state index is 0. The van der Waals surface area contributed by atoms with Crippen molar-refractivity contribution in [2.75, 3.05) is 38.5 Å². The Morgan fingerprint density at radius 1 is 1.12 bits per heavy atom. The van der Waals surface area contributed by atoms with Crippen LogP contribution >= 0.6 is 12.4 Å². The summed E-state index contributed by atoms with van der Waals surface area (Å²) >= 11 is 0. The predicted octanol–water partition coefficient (Wildman–Crippen LogP) is 1.46. The summed E-state index contributed by atoms with van der Waals surface area (Å²) < 4.78 is 26.2. The summed E-state index contributed by atoms with van der Waals surface area (Å²) in [7, 11) is -3.29. The molecule has 0 aromatic carbocycles. The lowest BCUT2D eigenvalue weighted by molar-refractivity contribution is -0.136. The van der Waals surface area contributed by atoms with Gasteiger partial charge in [0.2, 0.25) is 15.9 Å². The van der Waals surface area contributed by atoms with Crippen LogP contribution in [-0.2, 0) is 14.8 Å². The number of carbonyl (C=O) groups excluding carboxylic acids is 1. The lowest BCUT2D eigenvalue weighted by Crippen LogP contribution is -2.50. The molecule has 0 saturated carbocycles. The third-order valence-electron chi connectivity index (χ3n) is 4.92. The van der Waals surface area contributed by atoms with Gasteiger partial charge >= 0.3 is 0 Å². The van der Waals surface area contributed by atoms with Gasteiger partial charge in [-0.15, -0.1) is 12.4 Å². The number of carbonyl (C=O) groups is 1. The molecule has 2 fully saturated rings. The summed E-state index contributed by atoms with van der Waals surface area (Å²) in [4.78, 5) is 14.7. The lowest BCUT2D eigenvalue weighted by atomic mass is 9.96. The first-order valence-corrected chi connectivity index (χ1v) is 10.6. The largest absolute Gasteiger partial charge is 0.341 e. The number of likely N-dealkylation sites (tertiary alicyclic amines) is 1. The summed E-state index contributed by atoms with van der Waals surface area (Å²) in [6.07, 6.45) is 4.06. The number of sulfonamides is 1. The van der Waals surface area contributed by atoms with Gasteiger partial charge in [0.1, 0.15) is 6.04 Å². The number of amides is 1. The molecular formula is C16H32ClN3O3S. The molecular weight excluding hydrogens is 350 g/mol. The van der Waals surface area contributed by atoms with Crippen LogP contribution in [-0.4, -0.2) is 68.0 Å². The van der Waals surface area contributed by atoms with Crippen molar-refractivity contribution in [2.45, 2.75) is 52.0 Å². The van der Waals surface area contributed by atoms with E-state index < -0.39 is 16.1 Å². The smallest absolute Gasteiger partial charge is 0.241 e. The number of nitrogens with zero attached hydrogens (tertiary/aromatic N) is 2. The minimum atomic E-state index is -3.29. The molecule has 0 spiro atoms. The summed E-state index contributed by atoms with van der Waals surface area (Å²) in [6.45, 7) is 7.96. The fourth-order valence-electron chi connectivity index (χ4n) is 3.61. The van der Waals surface area contributed by atoms with Crippen molar-refractivity contribution >= 4 is 28.3 Å². The molecule has 142 valence electrons. The topological polar surface area (TPSA) is 69.7 Å². The Morgan fingerprint density at radius 2 is 1.79 bits per heavy atom. The van der Waals surface area contributed by atoms with E-state index in [0.29, 0.717) is 25.3 Å². The Labute approximate surface area is 152 Å². The van der Waals surface area contributed by atoms with Crippen molar-refractivity contribution in [3.8, 4) is 0 Å². The van der Waals surface area contributed by atoms with Crippen LogP contribution in [0.15, 0.2) is 0 Å². The number of hydrogen-bond donors (Lipinski definition) is 1. The second-order valence-corrected chi connectivity index (χ2v) is 8.70. The van der Waals surface area contributed by atoms with Crippen molar-refractivity contribution in [1.29, 1.82) is 0 Å². The van der Waals surface area contributed by atoms with Gasteiger partial charge in [-0.05, 0) is 51.1 Å². The number of nitrogens with one attached hydrogen (secondary N) is 1. The fourth-order valence-corrected chi connectivity index (χ4v) is 5.35. The summed E-state index contributed by atoms with van der Waals surface area (Å²) in [5.74, 6) is 0.785. The van der Waals surface area contributed by atoms with Crippen LogP contribution in [0.5, 0.6) is 0 Å². The molecule has 24 heavy (non-hydrogen) atoms. The maximum atomic E-state index is 12.8. The third-order valence-corrected chi connectivity index (χ3v) is 6.99. The monoisotopic (exact) mass is 381 g/mol. The summed E-state index contributed by atoms with van der Waals surface area (Å²) in [6, 6.07) is -0.461. The number of halogens is 1. The van der Waals surface area contributed by atoms with Gasteiger partial charge in [0, 0.05) is 19.6 Å². The molecule has 1 unspecified atom stereocenters. The molecule has 8 heteroatoms. The van der Waals surface area contributed by atoms with E-state index in [1.165, 1.54) is 4.31 Å². The van der Waals surface area contributed by atoms with Gasteiger partial charge in [-0.25, -0.2) is 8.42 Å². The number of hydrogen-bond acceptors (Lipinski definition) is 4. The van der Waals surface area contributed by atoms with Gasteiger partial charge in [0.15, 0.2) is 0 Å². The van der Waals surface area contributed by atoms with Crippen LogP contribution in [0.4, 0.5) is 0 Å². The SMILES string of the molecule is CCCS(=O)(=O)N1CCCC1C(=O)N1CCC(CNCC)CC1.Cl. The summed E-state index contributed by atoms with van der Waals surface area (Å²) in [5, 5.41) is 3.37. The van der Waals surface area contributed by atoms with E-state index in [-0.39, 0.29) is 24.1 Å². The van der Waals surface area contributed by atoms with Crippen molar-refractivity contribution < 1.29 is 13.2 Å². The minimum Gasteiger partial charge on any atom is -0.341 e.